The zero-order valence-corrected chi connectivity index (χ0v) is 11.9. The van der Waals surface area contributed by atoms with Gasteiger partial charge >= 0.3 is 12.0 Å². The summed E-state index contributed by atoms with van der Waals surface area (Å²) in [6.07, 6.45) is 7.62. The number of nitrogens with zero attached hydrogens (tertiary/aromatic N) is 1. The molecule has 0 saturated heterocycles. The lowest BCUT2D eigenvalue weighted by atomic mass is 10.0. The fourth-order valence-electron chi connectivity index (χ4n) is 2.63. The summed E-state index contributed by atoms with van der Waals surface area (Å²) in [7, 11) is 0. The molecule has 1 rings (SSSR count). The highest BCUT2D eigenvalue weighted by Gasteiger charge is 2.15. The summed E-state index contributed by atoms with van der Waals surface area (Å²) >= 11 is 0. The van der Waals surface area contributed by atoms with E-state index in [1.807, 2.05) is 6.92 Å². The van der Waals surface area contributed by atoms with E-state index in [0.29, 0.717) is 13.1 Å². The van der Waals surface area contributed by atoms with Gasteiger partial charge in [0.05, 0.1) is 6.42 Å². The lowest BCUT2D eigenvalue weighted by Gasteiger charge is -2.20. The maximum absolute atomic E-state index is 11.8. The molecule has 0 aromatic carbocycles. The molecule has 19 heavy (non-hydrogen) atoms. The Hall–Kier alpha value is -1.26. The van der Waals surface area contributed by atoms with Gasteiger partial charge in [-0.3, -0.25) is 4.79 Å². The van der Waals surface area contributed by atoms with Crippen molar-refractivity contribution in [3.63, 3.8) is 0 Å². The van der Waals surface area contributed by atoms with Crippen LogP contribution < -0.4 is 5.32 Å². The molecule has 0 aliphatic heterocycles. The Morgan fingerprint density at radius 2 is 2.00 bits per heavy atom. The van der Waals surface area contributed by atoms with E-state index < -0.39 is 5.97 Å². The van der Waals surface area contributed by atoms with Crippen molar-refractivity contribution >= 4 is 12.0 Å². The molecule has 5 heteroatoms. The van der Waals surface area contributed by atoms with E-state index in [9.17, 15) is 9.59 Å². The van der Waals surface area contributed by atoms with Gasteiger partial charge in [0.25, 0.3) is 0 Å². The van der Waals surface area contributed by atoms with Crippen LogP contribution in [-0.2, 0) is 4.79 Å². The van der Waals surface area contributed by atoms with Crippen LogP contribution in [0.1, 0.15) is 51.9 Å². The highest BCUT2D eigenvalue weighted by Crippen LogP contribution is 2.28. The van der Waals surface area contributed by atoms with Crippen molar-refractivity contribution in [2.45, 2.75) is 51.9 Å². The number of amides is 2. The number of carbonyl (C=O) groups excluding carboxylic acids is 1. The molecule has 0 spiro atoms. The van der Waals surface area contributed by atoms with Gasteiger partial charge in [-0.05, 0) is 25.7 Å². The number of nitrogens with one attached hydrogen (secondary N) is 1. The number of carboxylic acid groups (broad SMARTS) is 1. The molecule has 2 N–H and O–H groups in total. The fraction of sp³-hybridized carbons (Fsp3) is 0.857. The Morgan fingerprint density at radius 3 is 2.58 bits per heavy atom. The molecule has 110 valence electrons. The standard InChI is InChI=1S/C14H26N2O3/c1-2-16(11-9-13(17)18)14(19)15-10-5-8-12-6-3-4-7-12/h12H,2-11H2,1H3,(H,15,19)(H,17,18). The van der Waals surface area contributed by atoms with E-state index in [2.05, 4.69) is 5.32 Å². The molecule has 0 aromatic heterocycles. The molecule has 1 aliphatic rings. The molecule has 5 nitrogen and oxygen atoms in total. The van der Waals surface area contributed by atoms with E-state index in [-0.39, 0.29) is 19.0 Å². The lowest BCUT2D eigenvalue weighted by Crippen LogP contribution is -2.41. The van der Waals surface area contributed by atoms with Crippen molar-refractivity contribution < 1.29 is 14.7 Å². The molecule has 0 radical (unpaired) electrons. The van der Waals surface area contributed by atoms with E-state index >= 15 is 0 Å². The van der Waals surface area contributed by atoms with Crippen LogP contribution >= 0.6 is 0 Å². The largest absolute Gasteiger partial charge is 0.481 e. The average Bonchev–Trinajstić information content (AvgIpc) is 2.88. The third kappa shape index (κ3) is 6.45. The molecule has 2 amide bonds. The minimum absolute atomic E-state index is 0.00331. The predicted octanol–water partition coefficient (Wildman–Crippen LogP) is 2.46. The molecule has 0 aromatic rings. The zero-order valence-electron chi connectivity index (χ0n) is 11.9. The first-order chi connectivity index (χ1) is 9.13. The first-order valence-electron chi connectivity index (χ1n) is 7.38. The topological polar surface area (TPSA) is 69.6 Å². The molecule has 0 heterocycles. The molecule has 0 atom stereocenters. The van der Waals surface area contributed by atoms with E-state index in [0.717, 1.165) is 12.3 Å². The highest BCUT2D eigenvalue weighted by molar-refractivity contribution is 5.75. The van der Waals surface area contributed by atoms with Crippen molar-refractivity contribution in [1.82, 2.24) is 10.2 Å². The molecule has 0 bridgehead atoms. The Bertz CT molecular complexity index is 288. The Labute approximate surface area is 115 Å². The molecular weight excluding hydrogens is 244 g/mol. The van der Waals surface area contributed by atoms with Crippen molar-refractivity contribution in [3.05, 3.63) is 0 Å². The second-order valence-electron chi connectivity index (χ2n) is 5.25. The van der Waals surface area contributed by atoms with E-state index in [4.69, 9.17) is 5.11 Å². The smallest absolute Gasteiger partial charge is 0.317 e. The lowest BCUT2D eigenvalue weighted by molar-refractivity contribution is -0.137. The van der Waals surface area contributed by atoms with Crippen molar-refractivity contribution in [2.24, 2.45) is 5.92 Å². The molecule has 1 saturated carbocycles. The first kappa shape index (κ1) is 15.8. The normalized spacial score (nSPS) is 15.4. The number of carbonyl (C=O) groups is 2. The SMILES string of the molecule is CCN(CCC(=O)O)C(=O)NCCCC1CCCC1. The molecular formula is C14H26N2O3. The number of carboxylic acids is 1. The monoisotopic (exact) mass is 270 g/mol. The zero-order chi connectivity index (χ0) is 14.1. The highest BCUT2D eigenvalue weighted by atomic mass is 16.4. The number of urea groups is 1. The molecule has 0 unspecified atom stereocenters. The summed E-state index contributed by atoms with van der Waals surface area (Å²) in [6, 6.07) is -0.143. The minimum Gasteiger partial charge on any atom is -0.481 e. The van der Waals surface area contributed by atoms with Gasteiger partial charge in [0.1, 0.15) is 0 Å². The third-order valence-electron chi connectivity index (χ3n) is 3.80. The minimum atomic E-state index is -0.868. The Morgan fingerprint density at radius 1 is 1.32 bits per heavy atom. The summed E-state index contributed by atoms with van der Waals surface area (Å²) in [4.78, 5) is 23.8. The van der Waals surface area contributed by atoms with Crippen LogP contribution in [0.2, 0.25) is 0 Å². The third-order valence-corrected chi connectivity index (χ3v) is 3.80. The second kappa shape index (κ2) is 8.77. The quantitative estimate of drug-likeness (QED) is 0.666. The van der Waals surface area contributed by atoms with Crippen molar-refractivity contribution in [1.29, 1.82) is 0 Å². The Balaban J connectivity index is 2.11. The van der Waals surface area contributed by atoms with Gasteiger partial charge in [-0.15, -0.1) is 0 Å². The van der Waals surface area contributed by atoms with Crippen LogP contribution in [0.3, 0.4) is 0 Å². The maximum Gasteiger partial charge on any atom is 0.317 e. The maximum atomic E-state index is 11.8. The van der Waals surface area contributed by atoms with Gasteiger partial charge in [-0.2, -0.15) is 0 Å². The fourth-order valence-corrected chi connectivity index (χ4v) is 2.63. The Kier molecular flexibility index (Phi) is 7.30. The van der Waals surface area contributed by atoms with Crippen LogP contribution in [0.4, 0.5) is 4.79 Å². The molecule has 1 fully saturated rings. The number of rotatable bonds is 8. The van der Waals surface area contributed by atoms with Gasteiger partial charge in [0.15, 0.2) is 0 Å². The predicted molar refractivity (Wildman–Crippen MR) is 74.1 cm³/mol. The first-order valence-corrected chi connectivity index (χ1v) is 7.38. The van der Waals surface area contributed by atoms with Gasteiger partial charge in [0, 0.05) is 19.6 Å². The van der Waals surface area contributed by atoms with Crippen molar-refractivity contribution in [2.75, 3.05) is 19.6 Å². The number of aliphatic carboxylic acids is 1. The van der Waals surface area contributed by atoms with Crippen LogP contribution in [0.15, 0.2) is 0 Å². The molecule has 1 aliphatic carbocycles. The van der Waals surface area contributed by atoms with Gasteiger partial charge in [0.2, 0.25) is 0 Å². The second-order valence-corrected chi connectivity index (χ2v) is 5.25. The summed E-state index contributed by atoms with van der Waals surface area (Å²) in [5, 5.41) is 11.5. The summed E-state index contributed by atoms with van der Waals surface area (Å²) in [5.74, 6) is -0.0151. The van der Waals surface area contributed by atoms with Crippen LogP contribution in [0.25, 0.3) is 0 Å². The van der Waals surface area contributed by atoms with Crippen molar-refractivity contribution in [3.8, 4) is 0 Å². The van der Waals surface area contributed by atoms with E-state index in [1.54, 1.807) is 4.90 Å². The van der Waals surface area contributed by atoms with Gasteiger partial charge in [-0.1, -0.05) is 25.7 Å². The summed E-state index contributed by atoms with van der Waals surface area (Å²) in [5.41, 5.74) is 0. The van der Waals surface area contributed by atoms with Gasteiger partial charge < -0.3 is 15.3 Å². The summed E-state index contributed by atoms with van der Waals surface area (Å²) < 4.78 is 0. The van der Waals surface area contributed by atoms with Crippen LogP contribution in [-0.4, -0.2) is 41.6 Å². The number of hydrogen-bond acceptors (Lipinski definition) is 2. The van der Waals surface area contributed by atoms with Crippen LogP contribution in [0.5, 0.6) is 0 Å². The van der Waals surface area contributed by atoms with Crippen LogP contribution in [0, 0.1) is 5.92 Å². The number of hydrogen-bond donors (Lipinski definition) is 2. The van der Waals surface area contributed by atoms with Gasteiger partial charge in [-0.25, -0.2) is 4.79 Å². The summed E-state index contributed by atoms with van der Waals surface area (Å²) in [6.45, 7) is 3.38. The van der Waals surface area contributed by atoms with E-state index in [1.165, 1.54) is 32.1 Å². The average molecular weight is 270 g/mol.